The molecule has 0 amide bonds. The largest absolute Gasteiger partial charge is 0.316 e. The summed E-state index contributed by atoms with van der Waals surface area (Å²) in [4.78, 5) is 0. The van der Waals surface area contributed by atoms with E-state index in [4.69, 9.17) is 0 Å². The molecule has 0 radical (unpaired) electrons. The Morgan fingerprint density at radius 1 is 1.38 bits per heavy atom. The predicted octanol–water partition coefficient (Wildman–Crippen LogP) is 2.08. The van der Waals surface area contributed by atoms with E-state index in [2.05, 4.69) is 41.8 Å². The molecule has 0 aromatic heterocycles. The van der Waals surface area contributed by atoms with E-state index in [9.17, 15) is 0 Å². The molecule has 1 heterocycles. The first-order valence-corrected chi connectivity index (χ1v) is 6.32. The van der Waals surface area contributed by atoms with Crippen molar-refractivity contribution < 1.29 is 0 Å². The maximum absolute atomic E-state index is 3.57. The zero-order valence-corrected chi connectivity index (χ0v) is 10.1. The molecule has 0 aliphatic carbocycles. The first-order chi connectivity index (χ1) is 7.86. The first-order valence-electron chi connectivity index (χ1n) is 6.32. The smallest absolute Gasteiger partial charge is 0.0208 e. The van der Waals surface area contributed by atoms with E-state index in [0.717, 1.165) is 19.0 Å². The summed E-state index contributed by atoms with van der Waals surface area (Å²) in [5.41, 5.74) is 2.81. The summed E-state index contributed by atoms with van der Waals surface area (Å²) in [7, 11) is 0. The summed E-state index contributed by atoms with van der Waals surface area (Å²) < 4.78 is 0. The predicted molar refractivity (Wildman–Crippen MR) is 68.5 cm³/mol. The number of rotatable bonds is 4. The lowest BCUT2D eigenvalue weighted by Crippen LogP contribution is -2.35. The standard InChI is InChI=1S/C14H22N2/c1-12-5-2-3-7-14(12)11-16-10-13-6-4-8-15-9-13/h2-3,5,7,13,15-16H,4,6,8-11H2,1H3/t13-/m1/s1. The quantitative estimate of drug-likeness (QED) is 0.808. The van der Waals surface area contributed by atoms with Gasteiger partial charge in [-0.1, -0.05) is 24.3 Å². The van der Waals surface area contributed by atoms with Gasteiger partial charge in [-0.3, -0.25) is 0 Å². The number of piperidine rings is 1. The molecule has 1 saturated heterocycles. The molecule has 1 aliphatic rings. The van der Waals surface area contributed by atoms with Crippen LogP contribution >= 0.6 is 0 Å². The number of nitrogens with one attached hydrogen (secondary N) is 2. The minimum atomic E-state index is 0.817. The van der Waals surface area contributed by atoms with Crippen LogP contribution in [0.15, 0.2) is 24.3 Å². The first kappa shape index (κ1) is 11.6. The minimum Gasteiger partial charge on any atom is -0.316 e. The second-order valence-corrected chi connectivity index (χ2v) is 4.77. The molecular weight excluding hydrogens is 196 g/mol. The highest BCUT2D eigenvalue weighted by Crippen LogP contribution is 2.10. The van der Waals surface area contributed by atoms with Crippen molar-refractivity contribution in [2.75, 3.05) is 19.6 Å². The molecule has 16 heavy (non-hydrogen) atoms. The maximum Gasteiger partial charge on any atom is 0.0208 e. The van der Waals surface area contributed by atoms with Crippen molar-refractivity contribution in [1.82, 2.24) is 10.6 Å². The highest BCUT2D eigenvalue weighted by molar-refractivity contribution is 5.25. The fraction of sp³-hybridized carbons (Fsp3) is 0.571. The monoisotopic (exact) mass is 218 g/mol. The molecule has 0 unspecified atom stereocenters. The van der Waals surface area contributed by atoms with E-state index in [-0.39, 0.29) is 0 Å². The lowest BCUT2D eigenvalue weighted by Gasteiger charge is -2.23. The normalized spacial score (nSPS) is 20.9. The molecular formula is C14H22N2. The van der Waals surface area contributed by atoms with Crippen LogP contribution < -0.4 is 10.6 Å². The van der Waals surface area contributed by atoms with E-state index in [1.54, 1.807) is 0 Å². The van der Waals surface area contributed by atoms with Gasteiger partial charge in [0.15, 0.2) is 0 Å². The Kier molecular flexibility index (Phi) is 4.37. The van der Waals surface area contributed by atoms with Gasteiger partial charge in [0.1, 0.15) is 0 Å². The molecule has 1 aliphatic heterocycles. The van der Waals surface area contributed by atoms with Gasteiger partial charge in [0.05, 0.1) is 0 Å². The molecule has 1 aromatic rings. The highest BCUT2D eigenvalue weighted by Gasteiger charge is 2.11. The molecule has 2 heteroatoms. The summed E-state index contributed by atoms with van der Waals surface area (Å²) in [6.45, 7) is 6.71. The molecule has 0 bridgehead atoms. The van der Waals surface area contributed by atoms with E-state index in [1.165, 1.54) is 37.1 Å². The van der Waals surface area contributed by atoms with Gasteiger partial charge in [-0.2, -0.15) is 0 Å². The summed E-state index contributed by atoms with van der Waals surface area (Å²) in [6.07, 6.45) is 2.70. The molecule has 2 rings (SSSR count). The van der Waals surface area contributed by atoms with Gasteiger partial charge in [0.2, 0.25) is 0 Å². The summed E-state index contributed by atoms with van der Waals surface area (Å²) >= 11 is 0. The van der Waals surface area contributed by atoms with Crippen molar-refractivity contribution in [3.63, 3.8) is 0 Å². The van der Waals surface area contributed by atoms with Crippen LogP contribution in [0.3, 0.4) is 0 Å². The van der Waals surface area contributed by atoms with Crippen molar-refractivity contribution in [1.29, 1.82) is 0 Å². The Morgan fingerprint density at radius 3 is 3.00 bits per heavy atom. The van der Waals surface area contributed by atoms with Crippen LogP contribution in [0.25, 0.3) is 0 Å². The van der Waals surface area contributed by atoms with Gasteiger partial charge in [-0.25, -0.2) is 0 Å². The van der Waals surface area contributed by atoms with Crippen molar-refractivity contribution in [3.8, 4) is 0 Å². The molecule has 0 spiro atoms. The lowest BCUT2D eigenvalue weighted by atomic mass is 9.99. The summed E-state index contributed by atoms with van der Waals surface area (Å²) in [5.74, 6) is 0.817. The molecule has 0 saturated carbocycles. The molecule has 88 valence electrons. The zero-order valence-electron chi connectivity index (χ0n) is 10.1. The average molecular weight is 218 g/mol. The minimum absolute atomic E-state index is 0.817. The van der Waals surface area contributed by atoms with Gasteiger partial charge in [-0.15, -0.1) is 0 Å². The molecule has 1 atom stereocenters. The van der Waals surface area contributed by atoms with Gasteiger partial charge in [0, 0.05) is 6.54 Å². The second-order valence-electron chi connectivity index (χ2n) is 4.77. The van der Waals surface area contributed by atoms with Gasteiger partial charge >= 0.3 is 0 Å². The van der Waals surface area contributed by atoms with E-state index >= 15 is 0 Å². The van der Waals surface area contributed by atoms with Crippen LogP contribution in [0.1, 0.15) is 24.0 Å². The van der Waals surface area contributed by atoms with Crippen LogP contribution in [0, 0.1) is 12.8 Å². The van der Waals surface area contributed by atoms with E-state index in [0.29, 0.717) is 0 Å². The number of hydrogen-bond donors (Lipinski definition) is 2. The number of benzene rings is 1. The van der Waals surface area contributed by atoms with Crippen LogP contribution in [0.5, 0.6) is 0 Å². The topological polar surface area (TPSA) is 24.1 Å². The van der Waals surface area contributed by atoms with Crippen LogP contribution in [0.4, 0.5) is 0 Å². The Bertz CT molecular complexity index is 316. The lowest BCUT2D eigenvalue weighted by molar-refractivity contribution is 0.360. The third kappa shape index (κ3) is 3.32. The van der Waals surface area contributed by atoms with Gasteiger partial charge in [-0.05, 0) is 56.4 Å². The molecule has 1 aromatic carbocycles. The maximum atomic E-state index is 3.57. The number of hydrogen-bond acceptors (Lipinski definition) is 2. The number of aryl methyl sites for hydroxylation is 1. The Balaban J connectivity index is 1.73. The Morgan fingerprint density at radius 2 is 2.25 bits per heavy atom. The van der Waals surface area contributed by atoms with E-state index < -0.39 is 0 Å². The summed E-state index contributed by atoms with van der Waals surface area (Å²) in [5, 5.41) is 7.03. The SMILES string of the molecule is Cc1ccccc1CNC[C@@H]1CCCNC1. The van der Waals surface area contributed by atoms with Crippen LogP contribution in [-0.4, -0.2) is 19.6 Å². The van der Waals surface area contributed by atoms with Crippen LogP contribution in [0.2, 0.25) is 0 Å². The Hall–Kier alpha value is -0.860. The van der Waals surface area contributed by atoms with Gasteiger partial charge in [0.25, 0.3) is 0 Å². The second kappa shape index (κ2) is 6.02. The van der Waals surface area contributed by atoms with Crippen molar-refractivity contribution in [2.45, 2.75) is 26.3 Å². The van der Waals surface area contributed by atoms with Crippen molar-refractivity contribution in [2.24, 2.45) is 5.92 Å². The fourth-order valence-electron chi connectivity index (χ4n) is 2.32. The fourth-order valence-corrected chi connectivity index (χ4v) is 2.32. The molecule has 2 N–H and O–H groups in total. The van der Waals surface area contributed by atoms with Crippen molar-refractivity contribution >= 4 is 0 Å². The Labute approximate surface area is 98.4 Å². The van der Waals surface area contributed by atoms with Crippen LogP contribution in [-0.2, 0) is 6.54 Å². The third-order valence-electron chi connectivity index (χ3n) is 3.41. The zero-order chi connectivity index (χ0) is 11.2. The summed E-state index contributed by atoms with van der Waals surface area (Å²) in [6, 6.07) is 8.61. The van der Waals surface area contributed by atoms with E-state index in [1.807, 2.05) is 0 Å². The van der Waals surface area contributed by atoms with Gasteiger partial charge < -0.3 is 10.6 Å². The molecule has 1 fully saturated rings. The highest BCUT2D eigenvalue weighted by atomic mass is 14.9. The third-order valence-corrected chi connectivity index (χ3v) is 3.41. The average Bonchev–Trinajstić information content (AvgIpc) is 2.33. The molecule has 2 nitrogen and oxygen atoms in total. The van der Waals surface area contributed by atoms with Crippen molar-refractivity contribution in [3.05, 3.63) is 35.4 Å².